The second-order valence-corrected chi connectivity index (χ2v) is 13.2. The van der Waals surface area contributed by atoms with Crippen LogP contribution in [0.25, 0.3) is 16.7 Å². The second kappa shape index (κ2) is 12.8. The molecule has 1 atom stereocenters. The van der Waals surface area contributed by atoms with Gasteiger partial charge in [-0.3, -0.25) is 10.1 Å². The van der Waals surface area contributed by atoms with E-state index in [1.165, 1.54) is 0 Å². The third-order valence-electron chi connectivity index (χ3n) is 8.68. The molecule has 1 fully saturated rings. The van der Waals surface area contributed by atoms with Crippen molar-refractivity contribution in [3.8, 4) is 5.69 Å². The molecule has 0 aliphatic carbocycles. The van der Waals surface area contributed by atoms with Crippen molar-refractivity contribution in [1.82, 2.24) is 25.1 Å². The molecule has 4 heterocycles. The van der Waals surface area contributed by atoms with Crippen LogP contribution in [0, 0.1) is 19.8 Å². The number of carbonyl (C=O) groups is 2. The molecule has 0 radical (unpaired) electrons. The first-order valence-electron chi connectivity index (χ1n) is 15.9. The highest BCUT2D eigenvalue weighted by molar-refractivity contribution is 6.04. The summed E-state index contributed by atoms with van der Waals surface area (Å²) in [6, 6.07) is 22.9. The zero-order valence-corrected chi connectivity index (χ0v) is 27.1. The molecule has 9 heteroatoms. The quantitative estimate of drug-likeness (QED) is 0.165. The maximum Gasteiger partial charge on any atom is 0.324 e. The summed E-state index contributed by atoms with van der Waals surface area (Å²) in [6.45, 7) is 11.9. The van der Waals surface area contributed by atoms with E-state index in [4.69, 9.17) is 5.10 Å². The number of fused-ring (bicyclic) bond motifs is 1. The molecule has 1 saturated heterocycles. The number of rotatable bonds is 7. The molecular weight excluding hydrogens is 574 g/mol. The number of amides is 2. The minimum absolute atomic E-state index is 0.0426. The Kier molecular flexibility index (Phi) is 8.69. The third kappa shape index (κ3) is 6.70. The lowest BCUT2D eigenvalue weighted by atomic mass is 9.76. The monoisotopic (exact) mass is 615 g/mol. The van der Waals surface area contributed by atoms with Crippen LogP contribution in [-0.2, 0) is 5.41 Å². The SMILES string of the molecule is Cc1ccc(-n2nc(C(C)(C)C)cc2NC(=O)Nc2cccc(C(C(=O)c3cc4cccnc4nc3C)C3CCNCC3)c2)cc1. The number of Topliss-reactive ketones (excluding diaryl/α,β-unsaturated/α-hetero) is 1. The number of anilines is 2. The molecule has 2 aromatic carbocycles. The maximum atomic E-state index is 14.4. The van der Waals surface area contributed by atoms with Gasteiger partial charge in [-0.2, -0.15) is 5.10 Å². The molecule has 0 saturated carbocycles. The van der Waals surface area contributed by atoms with Crippen LogP contribution in [-0.4, -0.2) is 44.7 Å². The molecule has 1 aliphatic rings. The molecule has 3 N–H and O–H groups in total. The lowest BCUT2D eigenvalue weighted by Crippen LogP contribution is -2.34. The van der Waals surface area contributed by atoms with Gasteiger partial charge in [0.1, 0.15) is 5.82 Å². The van der Waals surface area contributed by atoms with Crippen molar-refractivity contribution >= 4 is 34.4 Å². The largest absolute Gasteiger partial charge is 0.324 e. The van der Waals surface area contributed by atoms with E-state index in [1.54, 1.807) is 10.9 Å². The zero-order valence-electron chi connectivity index (χ0n) is 27.1. The first-order chi connectivity index (χ1) is 22.1. The predicted octanol–water partition coefficient (Wildman–Crippen LogP) is 7.34. The van der Waals surface area contributed by atoms with Gasteiger partial charge in [-0.1, -0.05) is 50.6 Å². The summed E-state index contributed by atoms with van der Waals surface area (Å²) < 4.78 is 1.76. The molecule has 6 rings (SSSR count). The van der Waals surface area contributed by atoms with E-state index < -0.39 is 6.03 Å². The summed E-state index contributed by atoms with van der Waals surface area (Å²) >= 11 is 0. The van der Waals surface area contributed by atoms with Gasteiger partial charge in [-0.05, 0) is 93.7 Å². The van der Waals surface area contributed by atoms with Crippen LogP contribution >= 0.6 is 0 Å². The number of urea groups is 1. The van der Waals surface area contributed by atoms with Crippen molar-refractivity contribution < 1.29 is 9.59 Å². The van der Waals surface area contributed by atoms with Gasteiger partial charge in [-0.15, -0.1) is 0 Å². The maximum absolute atomic E-state index is 14.4. The Labute approximate surface area is 269 Å². The number of nitrogens with one attached hydrogen (secondary N) is 3. The summed E-state index contributed by atoms with van der Waals surface area (Å²) in [4.78, 5) is 36.8. The lowest BCUT2D eigenvalue weighted by molar-refractivity contribution is 0.0915. The standard InChI is InChI=1S/C37H41N7O2/c1-23-11-13-29(14-12-23)44-32(22-31(43-44)37(3,4)5)42-36(46)41-28-10-6-8-26(20-28)33(25-15-18-38-19-16-25)34(45)30-21-27-9-7-17-39-35(27)40-24(30)2/h6-14,17,20-22,25,33,38H,15-16,18-19H2,1-5H3,(H2,41,42,46). The average molecular weight is 616 g/mol. The van der Waals surface area contributed by atoms with Crippen LogP contribution in [0.3, 0.4) is 0 Å². The topological polar surface area (TPSA) is 114 Å². The van der Waals surface area contributed by atoms with Crippen LogP contribution in [0.15, 0.2) is 79.0 Å². The van der Waals surface area contributed by atoms with Gasteiger partial charge in [0.15, 0.2) is 11.4 Å². The second-order valence-electron chi connectivity index (χ2n) is 13.2. The fraction of sp³-hybridized carbons (Fsp3) is 0.324. The lowest BCUT2D eigenvalue weighted by Gasteiger charge is -2.31. The van der Waals surface area contributed by atoms with Crippen LogP contribution in [0.5, 0.6) is 0 Å². The van der Waals surface area contributed by atoms with Gasteiger partial charge in [0.05, 0.1) is 23.0 Å². The van der Waals surface area contributed by atoms with E-state index in [9.17, 15) is 9.59 Å². The Bertz CT molecular complexity index is 1880. The summed E-state index contributed by atoms with van der Waals surface area (Å²) in [7, 11) is 0. The molecule has 46 heavy (non-hydrogen) atoms. The number of carbonyl (C=O) groups excluding carboxylic acids is 2. The molecule has 1 unspecified atom stereocenters. The van der Waals surface area contributed by atoms with Crippen LogP contribution in [0.4, 0.5) is 16.3 Å². The Morgan fingerprint density at radius 3 is 2.43 bits per heavy atom. The summed E-state index contributed by atoms with van der Waals surface area (Å²) in [5.74, 6) is 0.389. The fourth-order valence-electron chi connectivity index (χ4n) is 6.13. The molecule has 1 aliphatic heterocycles. The molecule has 0 spiro atoms. The Morgan fingerprint density at radius 1 is 0.935 bits per heavy atom. The molecule has 3 aromatic heterocycles. The van der Waals surface area contributed by atoms with Gasteiger partial charge in [-0.25, -0.2) is 19.4 Å². The molecule has 236 valence electrons. The molecule has 0 bridgehead atoms. The summed E-state index contributed by atoms with van der Waals surface area (Å²) in [5, 5.41) is 15.1. The van der Waals surface area contributed by atoms with Gasteiger partial charge in [0, 0.05) is 34.3 Å². The van der Waals surface area contributed by atoms with Gasteiger partial charge >= 0.3 is 6.03 Å². The van der Waals surface area contributed by atoms with Crippen molar-refractivity contribution in [3.05, 3.63) is 107 Å². The van der Waals surface area contributed by atoms with Crippen LogP contribution in [0.1, 0.15) is 72.4 Å². The van der Waals surface area contributed by atoms with E-state index in [0.717, 1.165) is 53.8 Å². The highest BCUT2D eigenvalue weighted by Gasteiger charge is 2.33. The third-order valence-corrected chi connectivity index (χ3v) is 8.68. The van der Waals surface area contributed by atoms with Crippen LogP contribution < -0.4 is 16.0 Å². The van der Waals surface area contributed by atoms with Gasteiger partial charge in [0.25, 0.3) is 0 Å². The number of benzene rings is 2. The van der Waals surface area contributed by atoms with Crippen LogP contribution in [0.2, 0.25) is 0 Å². The Hall–Kier alpha value is -4.89. The highest BCUT2D eigenvalue weighted by atomic mass is 16.2. The van der Waals surface area contributed by atoms with E-state index >= 15 is 0 Å². The minimum Gasteiger partial charge on any atom is -0.317 e. The predicted molar refractivity (Wildman–Crippen MR) is 183 cm³/mol. The van der Waals surface area contributed by atoms with E-state index in [-0.39, 0.29) is 23.0 Å². The van der Waals surface area contributed by atoms with Gasteiger partial charge < -0.3 is 10.6 Å². The zero-order chi connectivity index (χ0) is 32.4. The van der Waals surface area contributed by atoms with Crippen molar-refractivity contribution in [3.63, 3.8) is 0 Å². The van der Waals surface area contributed by atoms with Crippen molar-refractivity contribution in [2.45, 2.75) is 58.8 Å². The highest BCUT2D eigenvalue weighted by Crippen LogP contribution is 2.36. The molecule has 5 aromatic rings. The summed E-state index contributed by atoms with van der Waals surface area (Å²) in [6.07, 6.45) is 3.48. The summed E-state index contributed by atoms with van der Waals surface area (Å²) in [5.41, 5.74) is 6.05. The van der Waals surface area contributed by atoms with Gasteiger partial charge in [0.2, 0.25) is 0 Å². The Balaban J connectivity index is 1.28. The van der Waals surface area contributed by atoms with E-state index in [0.29, 0.717) is 28.4 Å². The van der Waals surface area contributed by atoms with Crippen molar-refractivity contribution in [2.75, 3.05) is 23.7 Å². The molecule has 2 amide bonds. The first-order valence-corrected chi connectivity index (χ1v) is 15.9. The number of aromatic nitrogens is 4. The van der Waals surface area contributed by atoms with Crippen molar-refractivity contribution in [1.29, 1.82) is 0 Å². The number of hydrogen-bond acceptors (Lipinski definition) is 6. The number of pyridine rings is 2. The number of hydrogen-bond donors (Lipinski definition) is 3. The smallest absolute Gasteiger partial charge is 0.317 e. The fourth-order valence-corrected chi connectivity index (χ4v) is 6.13. The van der Waals surface area contributed by atoms with E-state index in [2.05, 4.69) is 46.7 Å². The molecular formula is C37H41N7O2. The number of nitrogens with zero attached hydrogens (tertiary/aromatic N) is 4. The van der Waals surface area contributed by atoms with Crippen molar-refractivity contribution in [2.24, 2.45) is 5.92 Å². The number of aryl methyl sites for hydroxylation is 2. The van der Waals surface area contributed by atoms with E-state index in [1.807, 2.05) is 86.6 Å². The average Bonchev–Trinajstić information content (AvgIpc) is 3.46. The molecule has 9 nitrogen and oxygen atoms in total. The number of piperidine rings is 1. The normalized spacial score (nSPS) is 14.6. The number of ketones is 1. The minimum atomic E-state index is -0.391. The first kappa shape index (κ1) is 31.1. The Morgan fingerprint density at radius 2 is 1.70 bits per heavy atom.